The van der Waals surface area contributed by atoms with E-state index in [4.69, 9.17) is 29.8 Å². The van der Waals surface area contributed by atoms with Crippen molar-refractivity contribution in [3.05, 3.63) is 24.2 Å². The van der Waals surface area contributed by atoms with Crippen LogP contribution in [0.5, 0.6) is 0 Å². The van der Waals surface area contributed by atoms with Gasteiger partial charge in [-0.15, -0.1) is 0 Å². The van der Waals surface area contributed by atoms with Crippen molar-refractivity contribution in [1.29, 1.82) is 0 Å². The SMILES string of the molecule is CC(C)(C)COP1(=O)OCC2OC(c3ccc4c(N)ncnn34)C(C)(N)C2O1. The molecule has 2 aromatic rings. The van der Waals surface area contributed by atoms with Crippen LogP contribution >= 0.6 is 7.82 Å². The molecule has 28 heavy (non-hydrogen) atoms. The lowest BCUT2D eigenvalue weighted by Crippen LogP contribution is -2.53. The quantitative estimate of drug-likeness (QED) is 0.727. The molecule has 10 nitrogen and oxygen atoms in total. The van der Waals surface area contributed by atoms with E-state index in [2.05, 4.69) is 10.1 Å². The van der Waals surface area contributed by atoms with Gasteiger partial charge in [-0.1, -0.05) is 20.8 Å². The second-order valence-electron chi connectivity index (χ2n) is 8.72. The second-order valence-corrected chi connectivity index (χ2v) is 10.3. The average Bonchev–Trinajstić information content (AvgIpc) is 3.13. The van der Waals surface area contributed by atoms with E-state index in [1.165, 1.54) is 6.33 Å². The molecule has 5 atom stereocenters. The molecule has 4 heterocycles. The minimum absolute atomic E-state index is 0.0653. The number of phosphoric acid groups is 1. The van der Waals surface area contributed by atoms with Crippen molar-refractivity contribution in [3.8, 4) is 0 Å². The number of hydrogen-bond donors (Lipinski definition) is 2. The Morgan fingerprint density at radius 2 is 2.18 bits per heavy atom. The number of nitrogens with two attached hydrogens (primary N) is 2. The van der Waals surface area contributed by atoms with Gasteiger partial charge in [-0.25, -0.2) is 14.1 Å². The predicted octanol–water partition coefficient (Wildman–Crippen LogP) is 2.05. The number of nitrogen functional groups attached to an aromatic ring is 1. The van der Waals surface area contributed by atoms with E-state index in [1.807, 2.05) is 26.8 Å². The molecule has 154 valence electrons. The highest BCUT2D eigenvalue weighted by atomic mass is 31.2. The van der Waals surface area contributed by atoms with Crippen LogP contribution in [0, 0.1) is 5.41 Å². The minimum Gasteiger partial charge on any atom is -0.382 e. The standard InChI is InChI=1S/C17H26N5O5P/c1-16(2,3)8-25-28(23)24-7-12-14(27-28)17(4,19)13(26-12)10-5-6-11-15(18)20-9-21-22(10)11/h5-6,9,12-14H,7-8,19H2,1-4H3,(H2,18,20,21). The number of rotatable bonds is 3. The first kappa shape index (κ1) is 19.8. The Labute approximate surface area is 163 Å². The molecule has 11 heteroatoms. The van der Waals surface area contributed by atoms with E-state index in [-0.39, 0.29) is 18.6 Å². The first-order valence-corrected chi connectivity index (χ1v) is 10.6. The topological polar surface area (TPSA) is 136 Å². The fraction of sp³-hybridized carbons (Fsp3) is 0.647. The number of nitrogens with zero attached hydrogens (tertiary/aromatic N) is 3. The normalized spacial score (nSPS) is 36.0. The van der Waals surface area contributed by atoms with Crippen LogP contribution in [-0.4, -0.2) is 45.6 Å². The van der Waals surface area contributed by atoms with Crippen LogP contribution in [-0.2, 0) is 22.9 Å². The molecule has 2 saturated heterocycles. The number of aromatic nitrogens is 3. The fourth-order valence-electron chi connectivity index (χ4n) is 3.49. The lowest BCUT2D eigenvalue weighted by molar-refractivity contribution is -0.0630. The minimum atomic E-state index is -3.73. The zero-order valence-electron chi connectivity index (χ0n) is 16.4. The lowest BCUT2D eigenvalue weighted by atomic mass is 9.88. The molecule has 2 aliphatic rings. The van der Waals surface area contributed by atoms with Crippen LogP contribution < -0.4 is 11.5 Å². The zero-order valence-corrected chi connectivity index (χ0v) is 17.3. The smallest absolute Gasteiger partial charge is 0.382 e. The summed E-state index contributed by atoms with van der Waals surface area (Å²) in [5.41, 5.74) is 12.7. The molecular formula is C17H26N5O5P. The van der Waals surface area contributed by atoms with Crippen molar-refractivity contribution in [3.63, 3.8) is 0 Å². The van der Waals surface area contributed by atoms with Crippen LogP contribution in [0.4, 0.5) is 5.82 Å². The predicted molar refractivity (Wildman–Crippen MR) is 101 cm³/mol. The fourth-order valence-corrected chi connectivity index (χ4v) is 5.20. The molecule has 2 aromatic heterocycles. The van der Waals surface area contributed by atoms with Crippen molar-refractivity contribution in [2.45, 2.75) is 51.5 Å². The number of anilines is 1. The van der Waals surface area contributed by atoms with Gasteiger partial charge in [0.1, 0.15) is 30.2 Å². The Kier molecular flexibility index (Phi) is 4.57. The van der Waals surface area contributed by atoms with Gasteiger partial charge in [0.05, 0.1) is 24.4 Å². The lowest BCUT2D eigenvalue weighted by Gasteiger charge is -2.36. The van der Waals surface area contributed by atoms with Gasteiger partial charge in [0.15, 0.2) is 5.82 Å². The van der Waals surface area contributed by atoms with Crippen molar-refractivity contribution in [2.24, 2.45) is 11.1 Å². The molecule has 0 bridgehead atoms. The van der Waals surface area contributed by atoms with E-state index >= 15 is 0 Å². The Hall–Kier alpha value is -1.55. The summed E-state index contributed by atoms with van der Waals surface area (Å²) in [6.45, 7) is 8.01. The molecule has 0 aromatic carbocycles. The Balaban J connectivity index is 1.61. The number of fused-ring (bicyclic) bond motifs is 2. The highest BCUT2D eigenvalue weighted by Crippen LogP contribution is 2.59. The van der Waals surface area contributed by atoms with Gasteiger partial charge in [0.25, 0.3) is 0 Å². The van der Waals surface area contributed by atoms with Gasteiger partial charge in [-0.3, -0.25) is 13.6 Å². The third kappa shape index (κ3) is 3.34. The van der Waals surface area contributed by atoms with Gasteiger partial charge in [0.2, 0.25) is 0 Å². The maximum absolute atomic E-state index is 12.9. The number of phosphoric ester groups is 1. The molecule has 0 aliphatic carbocycles. The third-order valence-corrected chi connectivity index (χ3v) is 6.30. The molecule has 4 rings (SSSR count). The van der Waals surface area contributed by atoms with Gasteiger partial charge in [0, 0.05) is 0 Å². The first-order chi connectivity index (χ1) is 13.0. The van der Waals surface area contributed by atoms with E-state index in [0.717, 1.165) is 0 Å². The molecule has 2 aliphatic heterocycles. The van der Waals surface area contributed by atoms with Crippen LogP contribution in [0.1, 0.15) is 39.5 Å². The van der Waals surface area contributed by atoms with Crippen LogP contribution in [0.15, 0.2) is 18.5 Å². The van der Waals surface area contributed by atoms with Crippen molar-refractivity contribution >= 4 is 19.2 Å². The Bertz CT molecular complexity index is 940. The molecular weight excluding hydrogens is 385 g/mol. The summed E-state index contributed by atoms with van der Waals surface area (Å²) in [6, 6.07) is 3.64. The average molecular weight is 411 g/mol. The maximum Gasteiger partial charge on any atom is 0.475 e. The van der Waals surface area contributed by atoms with Gasteiger partial charge in [-0.2, -0.15) is 5.10 Å². The molecule has 0 radical (unpaired) electrons. The highest BCUT2D eigenvalue weighted by molar-refractivity contribution is 7.48. The summed E-state index contributed by atoms with van der Waals surface area (Å²) in [7, 11) is -3.73. The summed E-state index contributed by atoms with van der Waals surface area (Å²) in [4.78, 5) is 3.99. The van der Waals surface area contributed by atoms with E-state index < -0.39 is 31.7 Å². The highest BCUT2D eigenvalue weighted by Gasteiger charge is 2.59. The Morgan fingerprint density at radius 1 is 1.43 bits per heavy atom. The maximum atomic E-state index is 12.9. The first-order valence-electron chi connectivity index (χ1n) is 9.10. The van der Waals surface area contributed by atoms with E-state index in [0.29, 0.717) is 17.0 Å². The van der Waals surface area contributed by atoms with Gasteiger partial charge >= 0.3 is 7.82 Å². The van der Waals surface area contributed by atoms with Crippen molar-refractivity contribution < 1.29 is 22.9 Å². The number of ether oxygens (including phenoxy) is 1. The van der Waals surface area contributed by atoms with Crippen molar-refractivity contribution in [1.82, 2.24) is 14.6 Å². The third-order valence-electron chi connectivity index (χ3n) is 4.90. The van der Waals surface area contributed by atoms with E-state index in [1.54, 1.807) is 17.5 Å². The molecule has 0 spiro atoms. The second kappa shape index (κ2) is 6.48. The summed E-state index contributed by atoms with van der Waals surface area (Å²) >= 11 is 0. The summed E-state index contributed by atoms with van der Waals surface area (Å²) in [5.74, 6) is 0.357. The summed E-state index contributed by atoms with van der Waals surface area (Å²) in [6.07, 6.45) is -0.348. The molecule has 5 unspecified atom stereocenters. The van der Waals surface area contributed by atoms with Crippen LogP contribution in [0.3, 0.4) is 0 Å². The molecule has 2 fully saturated rings. The van der Waals surface area contributed by atoms with Gasteiger partial charge < -0.3 is 16.2 Å². The largest absolute Gasteiger partial charge is 0.475 e. The van der Waals surface area contributed by atoms with Crippen molar-refractivity contribution in [2.75, 3.05) is 18.9 Å². The van der Waals surface area contributed by atoms with E-state index in [9.17, 15) is 4.57 Å². The molecule has 0 saturated carbocycles. The Morgan fingerprint density at radius 3 is 2.89 bits per heavy atom. The summed E-state index contributed by atoms with van der Waals surface area (Å²) < 4.78 is 37.4. The molecule has 0 amide bonds. The number of hydrogen-bond acceptors (Lipinski definition) is 9. The summed E-state index contributed by atoms with van der Waals surface area (Å²) in [5, 5.41) is 4.25. The monoisotopic (exact) mass is 411 g/mol. The van der Waals surface area contributed by atoms with Crippen LogP contribution in [0.2, 0.25) is 0 Å². The van der Waals surface area contributed by atoms with Gasteiger partial charge in [-0.05, 0) is 24.5 Å². The zero-order chi connectivity index (χ0) is 20.3. The molecule has 4 N–H and O–H groups in total. The van der Waals surface area contributed by atoms with Crippen LogP contribution in [0.25, 0.3) is 5.52 Å².